The SMILES string of the molecule is CC(C)(C)NS(=O)(=O)c1ccccc1NS(=O)CCc1ccc(Cl)cc1OCCc1ccccc1C#N. The number of para-hydroxylation sites is 1. The number of sulfonamides is 1. The number of hydrogen-bond acceptors (Lipinski definition) is 5. The number of nitrogens with zero attached hydrogens (tertiary/aromatic N) is 1. The molecule has 2 N–H and O–H groups in total. The molecule has 0 saturated carbocycles. The molecule has 37 heavy (non-hydrogen) atoms. The highest BCUT2D eigenvalue weighted by Gasteiger charge is 2.25. The fourth-order valence-electron chi connectivity index (χ4n) is 3.61. The fourth-order valence-corrected chi connectivity index (χ4v) is 6.35. The summed E-state index contributed by atoms with van der Waals surface area (Å²) in [5.41, 5.74) is 1.93. The van der Waals surface area contributed by atoms with Gasteiger partial charge in [0.25, 0.3) is 0 Å². The minimum atomic E-state index is -3.81. The van der Waals surface area contributed by atoms with Gasteiger partial charge in [0.15, 0.2) is 0 Å². The summed E-state index contributed by atoms with van der Waals surface area (Å²) < 4.78 is 50.0. The first-order valence-electron chi connectivity index (χ1n) is 11.7. The van der Waals surface area contributed by atoms with Crippen LogP contribution in [0.2, 0.25) is 5.02 Å². The van der Waals surface area contributed by atoms with Crippen LogP contribution in [0.25, 0.3) is 0 Å². The summed E-state index contributed by atoms with van der Waals surface area (Å²) >= 11 is 6.18. The summed E-state index contributed by atoms with van der Waals surface area (Å²) in [5, 5.41) is 9.79. The van der Waals surface area contributed by atoms with E-state index in [-0.39, 0.29) is 16.3 Å². The van der Waals surface area contributed by atoms with Crippen molar-refractivity contribution in [2.75, 3.05) is 17.1 Å². The van der Waals surface area contributed by atoms with Gasteiger partial charge in [-0.05, 0) is 68.7 Å². The maximum atomic E-state index is 12.9. The maximum absolute atomic E-state index is 12.9. The number of hydrogen-bond donors (Lipinski definition) is 2. The molecule has 0 amide bonds. The molecular formula is C27H30ClN3O4S2. The summed E-state index contributed by atoms with van der Waals surface area (Å²) in [4.78, 5) is 0.0337. The number of nitriles is 1. The van der Waals surface area contributed by atoms with Crippen LogP contribution in [0.15, 0.2) is 71.6 Å². The molecule has 0 spiro atoms. The molecule has 7 nitrogen and oxygen atoms in total. The lowest BCUT2D eigenvalue weighted by atomic mass is 10.1. The topological polar surface area (TPSA) is 108 Å². The zero-order valence-corrected chi connectivity index (χ0v) is 23.3. The second-order valence-corrected chi connectivity index (χ2v) is 12.8. The lowest BCUT2D eigenvalue weighted by molar-refractivity contribution is 0.319. The van der Waals surface area contributed by atoms with Gasteiger partial charge in [-0.15, -0.1) is 0 Å². The molecule has 3 aromatic carbocycles. The maximum Gasteiger partial charge on any atom is 0.243 e. The van der Waals surface area contributed by atoms with E-state index in [0.29, 0.717) is 35.8 Å². The van der Waals surface area contributed by atoms with Crippen LogP contribution in [0.1, 0.15) is 37.5 Å². The van der Waals surface area contributed by atoms with Gasteiger partial charge in [-0.3, -0.25) is 0 Å². The Hall–Kier alpha value is -2.90. The summed E-state index contributed by atoms with van der Waals surface area (Å²) in [6, 6.07) is 21.2. The molecule has 10 heteroatoms. The van der Waals surface area contributed by atoms with E-state index in [4.69, 9.17) is 16.3 Å². The van der Waals surface area contributed by atoms with Crippen molar-refractivity contribution in [2.45, 2.75) is 44.0 Å². The second kappa shape index (κ2) is 12.6. The van der Waals surface area contributed by atoms with Crippen LogP contribution in [0, 0.1) is 11.3 Å². The van der Waals surface area contributed by atoms with Crippen molar-refractivity contribution >= 4 is 38.3 Å². The Balaban J connectivity index is 1.66. The van der Waals surface area contributed by atoms with Gasteiger partial charge in [0.1, 0.15) is 21.6 Å². The van der Waals surface area contributed by atoms with Gasteiger partial charge in [-0.25, -0.2) is 17.3 Å². The van der Waals surface area contributed by atoms with Crippen molar-refractivity contribution in [3.05, 3.63) is 88.4 Å². The zero-order chi connectivity index (χ0) is 27.1. The molecular weight excluding hydrogens is 530 g/mol. The van der Waals surface area contributed by atoms with Crippen LogP contribution in [-0.4, -0.2) is 30.5 Å². The Labute approximate surface area is 226 Å². The molecule has 0 bridgehead atoms. The number of halogens is 1. The van der Waals surface area contributed by atoms with Crippen LogP contribution in [0.5, 0.6) is 5.75 Å². The van der Waals surface area contributed by atoms with Crippen LogP contribution >= 0.6 is 11.6 Å². The van der Waals surface area contributed by atoms with Crippen molar-refractivity contribution in [3.63, 3.8) is 0 Å². The van der Waals surface area contributed by atoms with E-state index in [1.54, 1.807) is 57.2 Å². The number of benzene rings is 3. The van der Waals surface area contributed by atoms with E-state index in [2.05, 4.69) is 15.5 Å². The van der Waals surface area contributed by atoms with Gasteiger partial charge in [-0.1, -0.05) is 48.0 Å². The van der Waals surface area contributed by atoms with Crippen molar-refractivity contribution in [1.29, 1.82) is 5.26 Å². The smallest absolute Gasteiger partial charge is 0.243 e. The molecule has 0 heterocycles. The summed E-state index contributed by atoms with van der Waals surface area (Å²) in [6.07, 6.45) is 0.965. The Morgan fingerprint density at radius 1 is 1.00 bits per heavy atom. The third kappa shape index (κ3) is 8.58. The molecule has 0 aromatic heterocycles. The first kappa shape index (κ1) is 28.7. The predicted octanol–water partition coefficient (Wildman–Crippen LogP) is 5.23. The third-order valence-electron chi connectivity index (χ3n) is 5.19. The van der Waals surface area contributed by atoms with Crippen LogP contribution in [0.3, 0.4) is 0 Å². The van der Waals surface area contributed by atoms with Crippen LogP contribution in [-0.2, 0) is 33.9 Å². The summed E-state index contributed by atoms with van der Waals surface area (Å²) in [6.45, 7) is 5.62. The molecule has 196 valence electrons. The van der Waals surface area contributed by atoms with Crippen LogP contribution < -0.4 is 14.2 Å². The van der Waals surface area contributed by atoms with Crippen molar-refractivity contribution in [3.8, 4) is 11.8 Å². The largest absolute Gasteiger partial charge is 0.493 e. The molecule has 0 fully saturated rings. The van der Waals surface area contributed by atoms with Crippen molar-refractivity contribution in [1.82, 2.24) is 4.72 Å². The zero-order valence-electron chi connectivity index (χ0n) is 21.0. The Morgan fingerprint density at radius 2 is 1.70 bits per heavy atom. The normalized spacial score (nSPS) is 12.5. The molecule has 0 aliphatic heterocycles. The van der Waals surface area contributed by atoms with Crippen molar-refractivity contribution in [2.24, 2.45) is 0 Å². The molecule has 1 atom stereocenters. The number of rotatable bonds is 11. The molecule has 1 unspecified atom stereocenters. The Morgan fingerprint density at radius 3 is 2.43 bits per heavy atom. The van der Waals surface area contributed by atoms with E-state index < -0.39 is 26.5 Å². The number of anilines is 1. The Kier molecular flexibility index (Phi) is 9.74. The average molecular weight is 560 g/mol. The molecule has 3 aromatic rings. The lowest BCUT2D eigenvalue weighted by Gasteiger charge is -2.21. The standard InChI is InChI=1S/C27H30ClN3O4S2/c1-27(2,3)31-37(33,34)26-11-7-6-10-24(26)30-36(32)17-15-21-12-13-23(28)18-25(21)35-16-14-20-8-4-5-9-22(20)19-29/h4-13,18,30-31H,14-17H2,1-3H3. The number of nitrogens with one attached hydrogen (secondary N) is 2. The summed E-state index contributed by atoms with van der Waals surface area (Å²) in [5.74, 6) is 0.798. The van der Waals surface area contributed by atoms with E-state index >= 15 is 0 Å². The Bertz CT molecular complexity index is 1410. The fraction of sp³-hybridized carbons (Fsp3) is 0.296. The van der Waals surface area contributed by atoms with E-state index in [0.717, 1.165) is 11.1 Å². The van der Waals surface area contributed by atoms with Gasteiger partial charge in [0.05, 0.1) is 23.9 Å². The lowest BCUT2D eigenvalue weighted by Crippen LogP contribution is -2.40. The van der Waals surface area contributed by atoms with Crippen LogP contribution in [0.4, 0.5) is 5.69 Å². The minimum Gasteiger partial charge on any atom is -0.493 e. The molecule has 3 rings (SSSR count). The van der Waals surface area contributed by atoms with Gasteiger partial charge in [0.2, 0.25) is 10.0 Å². The van der Waals surface area contributed by atoms with E-state index in [1.165, 1.54) is 6.07 Å². The highest BCUT2D eigenvalue weighted by Crippen LogP contribution is 2.26. The van der Waals surface area contributed by atoms with E-state index in [1.807, 2.05) is 24.3 Å². The van der Waals surface area contributed by atoms with Crippen molar-refractivity contribution < 1.29 is 17.4 Å². The molecule has 0 radical (unpaired) electrons. The highest BCUT2D eigenvalue weighted by atomic mass is 35.5. The van der Waals surface area contributed by atoms with Gasteiger partial charge < -0.3 is 9.46 Å². The van der Waals surface area contributed by atoms with Gasteiger partial charge in [-0.2, -0.15) is 5.26 Å². The van der Waals surface area contributed by atoms with Gasteiger partial charge >= 0.3 is 0 Å². The first-order valence-corrected chi connectivity index (χ1v) is 14.8. The number of aryl methyl sites for hydroxylation is 1. The average Bonchev–Trinajstić information content (AvgIpc) is 2.82. The predicted molar refractivity (Wildman–Crippen MR) is 149 cm³/mol. The summed E-state index contributed by atoms with van der Waals surface area (Å²) in [7, 11) is -5.37. The first-order chi connectivity index (χ1) is 17.5. The third-order valence-corrected chi connectivity index (χ3v) is 8.27. The second-order valence-electron chi connectivity index (χ2n) is 9.37. The monoisotopic (exact) mass is 559 g/mol. The molecule has 0 aliphatic carbocycles. The molecule has 0 aliphatic rings. The molecule has 0 saturated heterocycles. The quantitative estimate of drug-likeness (QED) is 0.334. The minimum absolute atomic E-state index is 0.0337. The van der Waals surface area contributed by atoms with E-state index in [9.17, 15) is 17.9 Å². The highest BCUT2D eigenvalue weighted by molar-refractivity contribution is 7.90. The number of ether oxygens (including phenoxy) is 1. The van der Waals surface area contributed by atoms with Gasteiger partial charge in [0, 0.05) is 22.7 Å².